The molecule has 0 atom stereocenters. The zero-order valence-corrected chi connectivity index (χ0v) is 10.00. The number of nitrogens with two attached hydrogens (primary N) is 1. The first kappa shape index (κ1) is 11.2. The summed E-state index contributed by atoms with van der Waals surface area (Å²) in [7, 11) is 0. The molecular weight excluding hydrogens is 198 g/mol. The fourth-order valence-electron chi connectivity index (χ4n) is 2.30. The lowest BCUT2D eigenvalue weighted by atomic mass is 9.89. The van der Waals surface area contributed by atoms with Gasteiger partial charge in [0.1, 0.15) is 5.82 Å². The van der Waals surface area contributed by atoms with Crippen LogP contribution in [0.5, 0.6) is 0 Å². The molecule has 1 saturated carbocycles. The predicted molar refractivity (Wildman–Crippen MR) is 68.5 cm³/mol. The highest BCUT2D eigenvalue weighted by Crippen LogP contribution is 2.24. The molecule has 1 aromatic heterocycles. The molecule has 1 aromatic rings. The highest BCUT2D eigenvalue weighted by molar-refractivity contribution is 5.50. The fraction of sp³-hybridized carbons (Fsp3) is 0.615. The number of rotatable bonds is 3. The molecule has 1 fully saturated rings. The molecule has 1 aliphatic rings. The number of anilines is 2. The molecule has 2 rings (SSSR count). The number of hydrogen-bond donors (Lipinski definition) is 2. The lowest BCUT2D eigenvalue weighted by Gasteiger charge is -2.22. The van der Waals surface area contributed by atoms with Crippen LogP contribution < -0.4 is 11.1 Å². The van der Waals surface area contributed by atoms with Crippen LogP contribution in [0, 0.1) is 12.8 Å². The van der Waals surface area contributed by atoms with E-state index in [0.29, 0.717) is 0 Å². The number of aryl methyl sites for hydroxylation is 1. The molecule has 0 aromatic carbocycles. The van der Waals surface area contributed by atoms with Gasteiger partial charge in [-0.2, -0.15) is 0 Å². The van der Waals surface area contributed by atoms with Crippen molar-refractivity contribution >= 4 is 11.5 Å². The summed E-state index contributed by atoms with van der Waals surface area (Å²) in [6, 6.07) is 2.03. The van der Waals surface area contributed by atoms with E-state index >= 15 is 0 Å². The molecule has 3 heteroatoms. The Morgan fingerprint density at radius 1 is 1.38 bits per heavy atom. The number of nitrogens with zero attached hydrogens (tertiary/aromatic N) is 1. The summed E-state index contributed by atoms with van der Waals surface area (Å²) in [6.07, 6.45) is 8.65. The SMILES string of the molecule is Cc1cc(NCC2CCCCC2)ncc1N. The molecule has 0 radical (unpaired) electrons. The topological polar surface area (TPSA) is 50.9 Å². The molecule has 3 N–H and O–H groups in total. The summed E-state index contributed by atoms with van der Waals surface area (Å²) < 4.78 is 0. The van der Waals surface area contributed by atoms with Crippen LogP contribution in [0.1, 0.15) is 37.7 Å². The zero-order chi connectivity index (χ0) is 11.4. The minimum Gasteiger partial charge on any atom is -0.397 e. The van der Waals surface area contributed by atoms with Crippen molar-refractivity contribution in [1.82, 2.24) is 4.98 Å². The van der Waals surface area contributed by atoms with E-state index in [1.54, 1.807) is 6.20 Å². The van der Waals surface area contributed by atoms with Gasteiger partial charge in [0.15, 0.2) is 0 Å². The normalized spacial score (nSPS) is 17.3. The molecule has 0 amide bonds. The Balaban J connectivity index is 1.86. The van der Waals surface area contributed by atoms with Crippen LogP contribution in [0.25, 0.3) is 0 Å². The van der Waals surface area contributed by atoms with Crippen LogP contribution >= 0.6 is 0 Å². The molecule has 1 aliphatic carbocycles. The van der Waals surface area contributed by atoms with Crippen molar-refractivity contribution in [1.29, 1.82) is 0 Å². The van der Waals surface area contributed by atoms with E-state index in [1.165, 1.54) is 32.1 Å². The van der Waals surface area contributed by atoms with Crippen molar-refractivity contribution in [2.24, 2.45) is 5.92 Å². The summed E-state index contributed by atoms with van der Waals surface area (Å²) in [5.41, 5.74) is 7.60. The van der Waals surface area contributed by atoms with Gasteiger partial charge in [0.2, 0.25) is 0 Å². The second-order valence-electron chi connectivity index (χ2n) is 4.81. The Morgan fingerprint density at radius 2 is 2.12 bits per heavy atom. The van der Waals surface area contributed by atoms with Gasteiger partial charge in [0.25, 0.3) is 0 Å². The quantitative estimate of drug-likeness (QED) is 0.821. The predicted octanol–water partition coefficient (Wildman–Crippen LogP) is 2.96. The monoisotopic (exact) mass is 219 g/mol. The summed E-state index contributed by atoms with van der Waals surface area (Å²) in [4.78, 5) is 4.29. The van der Waals surface area contributed by atoms with Gasteiger partial charge < -0.3 is 11.1 Å². The molecule has 0 unspecified atom stereocenters. The standard InChI is InChI=1S/C13H21N3/c1-10-7-13(16-9-12(10)14)15-8-11-5-3-2-4-6-11/h7,9,11H,2-6,8,14H2,1H3,(H,15,16). The maximum Gasteiger partial charge on any atom is 0.126 e. The van der Waals surface area contributed by atoms with E-state index in [2.05, 4.69) is 10.3 Å². The lowest BCUT2D eigenvalue weighted by Crippen LogP contribution is -2.17. The highest BCUT2D eigenvalue weighted by atomic mass is 15.0. The Kier molecular flexibility index (Phi) is 3.65. The Bertz CT molecular complexity index is 343. The van der Waals surface area contributed by atoms with Crippen LogP contribution in [0.4, 0.5) is 11.5 Å². The molecule has 0 bridgehead atoms. The molecule has 0 aliphatic heterocycles. The van der Waals surface area contributed by atoms with E-state index in [0.717, 1.165) is 29.5 Å². The first-order valence-electron chi connectivity index (χ1n) is 6.21. The molecular formula is C13H21N3. The van der Waals surface area contributed by atoms with Crippen LogP contribution in [0.3, 0.4) is 0 Å². The van der Waals surface area contributed by atoms with Crippen LogP contribution in [0.15, 0.2) is 12.3 Å². The minimum atomic E-state index is 0.767. The molecule has 1 heterocycles. The Morgan fingerprint density at radius 3 is 2.81 bits per heavy atom. The van der Waals surface area contributed by atoms with Crippen molar-refractivity contribution in [2.75, 3.05) is 17.6 Å². The molecule has 0 spiro atoms. The van der Waals surface area contributed by atoms with Crippen molar-refractivity contribution in [3.8, 4) is 0 Å². The van der Waals surface area contributed by atoms with E-state index in [4.69, 9.17) is 5.73 Å². The Labute approximate surface area is 97.5 Å². The Hall–Kier alpha value is -1.25. The van der Waals surface area contributed by atoms with E-state index in [9.17, 15) is 0 Å². The van der Waals surface area contributed by atoms with Gasteiger partial charge in [-0.05, 0) is 37.3 Å². The molecule has 3 nitrogen and oxygen atoms in total. The largest absolute Gasteiger partial charge is 0.397 e. The number of aromatic nitrogens is 1. The van der Waals surface area contributed by atoms with Crippen molar-refractivity contribution < 1.29 is 0 Å². The summed E-state index contributed by atoms with van der Waals surface area (Å²) in [5.74, 6) is 1.78. The lowest BCUT2D eigenvalue weighted by molar-refractivity contribution is 0.373. The number of nitrogen functional groups attached to an aromatic ring is 1. The van der Waals surface area contributed by atoms with Crippen LogP contribution in [-0.2, 0) is 0 Å². The third-order valence-electron chi connectivity index (χ3n) is 3.45. The molecule has 88 valence electrons. The number of nitrogens with one attached hydrogen (secondary N) is 1. The smallest absolute Gasteiger partial charge is 0.126 e. The number of hydrogen-bond acceptors (Lipinski definition) is 3. The first-order valence-corrected chi connectivity index (χ1v) is 6.21. The maximum absolute atomic E-state index is 5.74. The highest BCUT2D eigenvalue weighted by Gasteiger charge is 2.12. The minimum absolute atomic E-state index is 0.767. The van der Waals surface area contributed by atoms with Gasteiger partial charge in [-0.1, -0.05) is 19.3 Å². The van der Waals surface area contributed by atoms with E-state index in [1.807, 2.05) is 13.0 Å². The van der Waals surface area contributed by atoms with Gasteiger partial charge in [0, 0.05) is 6.54 Å². The van der Waals surface area contributed by atoms with E-state index in [-0.39, 0.29) is 0 Å². The zero-order valence-electron chi connectivity index (χ0n) is 10.00. The summed E-state index contributed by atoms with van der Waals surface area (Å²) in [5, 5.41) is 3.42. The van der Waals surface area contributed by atoms with Gasteiger partial charge in [0.05, 0.1) is 11.9 Å². The van der Waals surface area contributed by atoms with Gasteiger partial charge in [-0.25, -0.2) is 4.98 Å². The van der Waals surface area contributed by atoms with Crippen LogP contribution in [-0.4, -0.2) is 11.5 Å². The second kappa shape index (κ2) is 5.19. The van der Waals surface area contributed by atoms with Crippen molar-refractivity contribution in [3.05, 3.63) is 17.8 Å². The van der Waals surface area contributed by atoms with Crippen LogP contribution in [0.2, 0.25) is 0 Å². The van der Waals surface area contributed by atoms with Crippen molar-refractivity contribution in [3.63, 3.8) is 0 Å². The summed E-state index contributed by atoms with van der Waals surface area (Å²) in [6.45, 7) is 3.07. The van der Waals surface area contributed by atoms with Crippen molar-refractivity contribution in [2.45, 2.75) is 39.0 Å². The van der Waals surface area contributed by atoms with Gasteiger partial charge >= 0.3 is 0 Å². The fourth-order valence-corrected chi connectivity index (χ4v) is 2.30. The average Bonchev–Trinajstić information content (AvgIpc) is 2.32. The first-order chi connectivity index (χ1) is 7.75. The third-order valence-corrected chi connectivity index (χ3v) is 3.45. The second-order valence-corrected chi connectivity index (χ2v) is 4.81. The van der Waals surface area contributed by atoms with Gasteiger partial charge in [-0.15, -0.1) is 0 Å². The maximum atomic E-state index is 5.74. The molecule has 0 saturated heterocycles. The third kappa shape index (κ3) is 2.87. The van der Waals surface area contributed by atoms with Gasteiger partial charge in [-0.3, -0.25) is 0 Å². The van der Waals surface area contributed by atoms with E-state index < -0.39 is 0 Å². The average molecular weight is 219 g/mol. The summed E-state index contributed by atoms with van der Waals surface area (Å²) >= 11 is 0. The molecule has 16 heavy (non-hydrogen) atoms. The number of pyridine rings is 1.